The quantitative estimate of drug-likeness (QED) is 0.838. The minimum atomic E-state index is 0.184. The molecule has 0 saturated carbocycles. The van der Waals surface area contributed by atoms with Crippen molar-refractivity contribution >= 4 is 17.2 Å². The monoisotopic (exact) mass is 314 g/mol. The number of piperidine rings is 1. The second kappa shape index (κ2) is 7.05. The topological polar surface area (TPSA) is 33.2 Å². The van der Waals surface area contributed by atoms with Crippen molar-refractivity contribution in [2.24, 2.45) is 0 Å². The fraction of sp³-hybridized carbons (Fsp3) is 0.444. The highest BCUT2D eigenvalue weighted by molar-refractivity contribution is 7.09. The number of hydrogen-bond acceptors (Lipinski definition) is 3. The van der Waals surface area contributed by atoms with Crippen LogP contribution in [0.4, 0.5) is 0 Å². The van der Waals surface area contributed by atoms with Crippen molar-refractivity contribution in [2.75, 3.05) is 6.54 Å². The van der Waals surface area contributed by atoms with Crippen LogP contribution >= 0.6 is 11.3 Å². The lowest BCUT2D eigenvalue weighted by Gasteiger charge is -2.35. The summed E-state index contributed by atoms with van der Waals surface area (Å²) in [5.74, 6) is 0.517. The van der Waals surface area contributed by atoms with E-state index < -0.39 is 0 Å². The zero-order valence-electron chi connectivity index (χ0n) is 12.9. The SMILES string of the molecule is CC(CC(=O)N1CCCCC1c1nccs1)c1ccccc1. The average molecular weight is 314 g/mol. The molecule has 1 saturated heterocycles. The predicted octanol–water partition coefficient (Wildman–Crippen LogP) is 4.39. The number of likely N-dealkylation sites (tertiary alicyclic amines) is 1. The molecule has 2 atom stereocenters. The van der Waals surface area contributed by atoms with Gasteiger partial charge >= 0.3 is 0 Å². The summed E-state index contributed by atoms with van der Waals surface area (Å²) in [5, 5.41) is 3.08. The molecule has 0 bridgehead atoms. The van der Waals surface area contributed by atoms with Gasteiger partial charge in [0.25, 0.3) is 0 Å². The average Bonchev–Trinajstić information content (AvgIpc) is 3.10. The Hall–Kier alpha value is -1.68. The maximum atomic E-state index is 12.8. The van der Waals surface area contributed by atoms with Gasteiger partial charge < -0.3 is 4.90 Å². The third-order valence-electron chi connectivity index (χ3n) is 4.41. The maximum Gasteiger partial charge on any atom is 0.223 e. The third-order valence-corrected chi connectivity index (χ3v) is 5.29. The third kappa shape index (κ3) is 3.38. The predicted molar refractivity (Wildman–Crippen MR) is 89.9 cm³/mol. The van der Waals surface area contributed by atoms with E-state index in [0.717, 1.165) is 24.4 Å². The molecule has 1 aromatic heterocycles. The van der Waals surface area contributed by atoms with Crippen LogP contribution in [0.2, 0.25) is 0 Å². The highest BCUT2D eigenvalue weighted by Crippen LogP contribution is 2.33. The Morgan fingerprint density at radius 2 is 2.18 bits per heavy atom. The zero-order chi connectivity index (χ0) is 15.4. The van der Waals surface area contributed by atoms with Gasteiger partial charge in [0.15, 0.2) is 0 Å². The first-order valence-corrected chi connectivity index (χ1v) is 8.87. The fourth-order valence-electron chi connectivity index (χ4n) is 3.16. The first-order chi connectivity index (χ1) is 10.8. The summed E-state index contributed by atoms with van der Waals surface area (Å²) in [6.07, 6.45) is 5.74. The van der Waals surface area contributed by atoms with E-state index in [1.807, 2.05) is 29.8 Å². The number of amides is 1. The zero-order valence-corrected chi connectivity index (χ0v) is 13.8. The van der Waals surface area contributed by atoms with Gasteiger partial charge in [-0.25, -0.2) is 4.98 Å². The summed E-state index contributed by atoms with van der Waals surface area (Å²) < 4.78 is 0. The molecule has 1 amide bonds. The Kier molecular flexibility index (Phi) is 4.88. The van der Waals surface area contributed by atoms with E-state index in [1.165, 1.54) is 12.0 Å². The molecule has 1 aliphatic heterocycles. The number of rotatable bonds is 4. The summed E-state index contributed by atoms with van der Waals surface area (Å²) in [5.41, 5.74) is 1.23. The lowest BCUT2D eigenvalue weighted by atomic mass is 9.95. The van der Waals surface area contributed by atoms with Gasteiger partial charge in [-0.05, 0) is 30.7 Å². The lowest BCUT2D eigenvalue weighted by molar-refractivity contribution is -0.135. The highest BCUT2D eigenvalue weighted by Gasteiger charge is 2.30. The Morgan fingerprint density at radius 3 is 2.91 bits per heavy atom. The molecule has 0 N–H and O–H groups in total. The van der Waals surface area contributed by atoms with E-state index in [2.05, 4.69) is 28.9 Å². The van der Waals surface area contributed by atoms with Gasteiger partial charge in [-0.15, -0.1) is 11.3 Å². The number of carbonyl (C=O) groups is 1. The van der Waals surface area contributed by atoms with E-state index in [1.54, 1.807) is 11.3 Å². The molecule has 22 heavy (non-hydrogen) atoms. The van der Waals surface area contributed by atoms with Crippen LogP contribution in [0.5, 0.6) is 0 Å². The van der Waals surface area contributed by atoms with Crippen LogP contribution in [-0.4, -0.2) is 22.3 Å². The second-order valence-corrected chi connectivity index (χ2v) is 6.91. The summed E-state index contributed by atoms with van der Waals surface area (Å²) >= 11 is 1.66. The molecule has 0 aliphatic carbocycles. The number of thiazole rings is 1. The molecule has 0 radical (unpaired) electrons. The molecule has 3 rings (SSSR count). The molecule has 3 nitrogen and oxygen atoms in total. The standard InChI is InChI=1S/C18H22N2OS/c1-14(15-7-3-2-4-8-15)13-17(21)20-11-6-5-9-16(20)18-19-10-12-22-18/h2-4,7-8,10,12,14,16H,5-6,9,11,13H2,1H3. The summed E-state index contributed by atoms with van der Waals surface area (Å²) in [4.78, 5) is 19.3. The van der Waals surface area contributed by atoms with Crippen molar-refractivity contribution in [3.63, 3.8) is 0 Å². The molecule has 2 aromatic rings. The van der Waals surface area contributed by atoms with Gasteiger partial charge in [0.05, 0.1) is 6.04 Å². The van der Waals surface area contributed by atoms with E-state index in [9.17, 15) is 4.79 Å². The second-order valence-electron chi connectivity index (χ2n) is 5.98. The number of hydrogen-bond donors (Lipinski definition) is 0. The van der Waals surface area contributed by atoms with Crippen LogP contribution < -0.4 is 0 Å². The number of nitrogens with zero attached hydrogens (tertiary/aromatic N) is 2. The molecule has 4 heteroatoms. The molecular formula is C18H22N2OS. The van der Waals surface area contributed by atoms with Gasteiger partial charge in [0, 0.05) is 24.5 Å². The Labute approximate surface area is 136 Å². The minimum Gasteiger partial charge on any atom is -0.333 e. The molecule has 1 aliphatic rings. The van der Waals surface area contributed by atoms with E-state index in [-0.39, 0.29) is 17.9 Å². The normalized spacial score (nSPS) is 19.9. The van der Waals surface area contributed by atoms with E-state index in [4.69, 9.17) is 0 Å². The first-order valence-electron chi connectivity index (χ1n) is 7.99. The van der Waals surface area contributed by atoms with E-state index >= 15 is 0 Å². The Balaban J connectivity index is 1.70. The molecule has 0 spiro atoms. The first kappa shape index (κ1) is 15.2. The van der Waals surface area contributed by atoms with Gasteiger partial charge in [0.1, 0.15) is 5.01 Å². The molecular weight excluding hydrogens is 292 g/mol. The van der Waals surface area contributed by atoms with Crippen molar-refractivity contribution in [2.45, 2.75) is 44.6 Å². The number of carbonyl (C=O) groups excluding carboxylic acids is 1. The highest BCUT2D eigenvalue weighted by atomic mass is 32.1. The van der Waals surface area contributed by atoms with Crippen LogP contribution in [0.15, 0.2) is 41.9 Å². The largest absolute Gasteiger partial charge is 0.333 e. The van der Waals surface area contributed by atoms with Gasteiger partial charge in [-0.3, -0.25) is 4.79 Å². The molecule has 2 unspecified atom stereocenters. The maximum absolute atomic E-state index is 12.8. The van der Waals surface area contributed by atoms with Crippen LogP contribution in [0, 0.1) is 0 Å². The fourth-order valence-corrected chi connectivity index (χ4v) is 3.95. The molecule has 1 fully saturated rings. The van der Waals surface area contributed by atoms with Gasteiger partial charge in [0.2, 0.25) is 5.91 Å². The van der Waals surface area contributed by atoms with Gasteiger partial charge in [-0.1, -0.05) is 37.3 Å². The van der Waals surface area contributed by atoms with Crippen molar-refractivity contribution in [3.8, 4) is 0 Å². The van der Waals surface area contributed by atoms with Crippen molar-refractivity contribution < 1.29 is 4.79 Å². The Morgan fingerprint density at radius 1 is 1.36 bits per heavy atom. The summed E-state index contributed by atoms with van der Waals surface area (Å²) in [6, 6.07) is 10.5. The molecule has 2 heterocycles. The van der Waals surface area contributed by atoms with Crippen molar-refractivity contribution in [1.82, 2.24) is 9.88 Å². The van der Waals surface area contributed by atoms with E-state index in [0.29, 0.717) is 6.42 Å². The smallest absolute Gasteiger partial charge is 0.223 e. The van der Waals surface area contributed by atoms with Crippen LogP contribution in [-0.2, 0) is 4.79 Å². The number of benzene rings is 1. The van der Waals surface area contributed by atoms with Gasteiger partial charge in [-0.2, -0.15) is 0 Å². The van der Waals surface area contributed by atoms with Crippen molar-refractivity contribution in [1.29, 1.82) is 0 Å². The van der Waals surface area contributed by atoms with Crippen LogP contribution in [0.1, 0.15) is 55.1 Å². The van der Waals surface area contributed by atoms with Crippen LogP contribution in [0.3, 0.4) is 0 Å². The summed E-state index contributed by atoms with van der Waals surface area (Å²) in [6.45, 7) is 3.00. The Bertz CT molecular complexity index is 597. The van der Waals surface area contributed by atoms with Crippen LogP contribution in [0.25, 0.3) is 0 Å². The molecule has 116 valence electrons. The molecule has 1 aromatic carbocycles. The van der Waals surface area contributed by atoms with Crippen molar-refractivity contribution in [3.05, 3.63) is 52.5 Å². The summed E-state index contributed by atoms with van der Waals surface area (Å²) in [7, 11) is 0. The minimum absolute atomic E-state index is 0.184. The number of aromatic nitrogens is 1. The lowest BCUT2D eigenvalue weighted by Crippen LogP contribution is -2.38.